The van der Waals surface area contributed by atoms with E-state index in [2.05, 4.69) is 53.2 Å². The molecule has 2 unspecified atom stereocenters. The van der Waals surface area contributed by atoms with Gasteiger partial charge in [-0.3, -0.25) is 4.90 Å². The van der Waals surface area contributed by atoms with Crippen molar-refractivity contribution in [3.8, 4) is 5.75 Å². The first-order valence-corrected chi connectivity index (χ1v) is 11.1. The third-order valence-electron chi connectivity index (χ3n) is 6.84. The van der Waals surface area contributed by atoms with Crippen LogP contribution in [-0.4, -0.2) is 34.7 Å². The number of aromatic nitrogens is 1. The summed E-state index contributed by atoms with van der Waals surface area (Å²) in [7, 11) is 0. The highest BCUT2D eigenvalue weighted by molar-refractivity contribution is 5.86. The van der Waals surface area contributed by atoms with Crippen LogP contribution in [0.3, 0.4) is 0 Å². The zero-order valence-corrected chi connectivity index (χ0v) is 17.6. The fourth-order valence-electron chi connectivity index (χ4n) is 5.06. The van der Waals surface area contributed by atoms with E-state index in [-0.39, 0.29) is 6.61 Å². The lowest BCUT2D eigenvalue weighted by molar-refractivity contribution is 0.174. The van der Waals surface area contributed by atoms with Crippen molar-refractivity contribution in [3.63, 3.8) is 0 Å². The van der Waals surface area contributed by atoms with E-state index in [1.807, 2.05) is 18.2 Å². The Kier molecular flexibility index (Phi) is 5.36. The summed E-state index contributed by atoms with van der Waals surface area (Å²) in [6.45, 7) is 5.07. The van der Waals surface area contributed by atoms with Crippen molar-refractivity contribution in [1.29, 1.82) is 0 Å². The van der Waals surface area contributed by atoms with E-state index in [4.69, 9.17) is 4.74 Å². The molecule has 3 aromatic rings. The van der Waals surface area contributed by atoms with Crippen molar-refractivity contribution in [2.45, 2.75) is 38.8 Å². The zero-order chi connectivity index (χ0) is 20.5. The lowest BCUT2D eigenvalue weighted by Crippen LogP contribution is -2.39. The highest BCUT2D eigenvalue weighted by Crippen LogP contribution is 2.42. The van der Waals surface area contributed by atoms with E-state index in [1.54, 1.807) is 0 Å². The summed E-state index contributed by atoms with van der Waals surface area (Å²) >= 11 is 0. The number of hydrogen-bond acceptors (Lipinski definition) is 3. The number of ether oxygens (including phenoxy) is 1. The molecule has 0 fully saturated rings. The van der Waals surface area contributed by atoms with E-state index in [9.17, 15) is 5.11 Å². The topological polar surface area (TPSA) is 48.5 Å². The van der Waals surface area contributed by atoms with Gasteiger partial charge in [0.25, 0.3) is 0 Å². The van der Waals surface area contributed by atoms with E-state index in [1.165, 1.54) is 33.3 Å². The van der Waals surface area contributed by atoms with Gasteiger partial charge in [0.1, 0.15) is 12.4 Å². The molecule has 2 aliphatic heterocycles. The van der Waals surface area contributed by atoms with Gasteiger partial charge < -0.3 is 14.8 Å². The molecule has 30 heavy (non-hydrogen) atoms. The van der Waals surface area contributed by atoms with Gasteiger partial charge in [-0.15, -0.1) is 0 Å². The Morgan fingerprint density at radius 1 is 1.20 bits per heavy atom. The van der Waals surface area contributed by atoms with Crippen LogP contribution in [0, 0.1) is 5.92 Å². The largest absolute Gasteiger partial charge is 0.489 e. The number of nitrogens with one attached hydrogen (secondary N) is 1. The highest BCUT2D eigenvalue weighted by Gasteiger charge is 2.34. The summed E-state index contributed by atoms with van der Waals surface area (Å²) in [5.41, 5.74) is 6.59. The van der Waals surface area contributed by atoms with Crippen molar-refractivity contribution >= 4 is 10.9 Å². The van der Waals surface area contributed by atoms with Crippen LogP contribution in [0.15, 0.2) is 60.2 Å². The fourth-order valence-corrected chi connectivity index (χ4v) is 5.06. The highest BCUT2D eigenvalue weighted by atomic mass is 16.5. The van der Waals surface area contributed by atoms with E-state index in [0.29, 0.717) is 18.6 Å². The number of hydrogen-bond donors (Lipinski definition) is 2. The maximum absolute atomic E-state index is 9.77. The third-order valence-corrected chi connectivity index (χ3v) is 6.84. The minimum Gasteiger partial charge on any atom is -0.489 e. The molecule has 1 aromatic heterocycles. The normalized spacial score (nSPS) is 19.8. The number of fused-ring (bicyclic) bond motifs is 5. The van der Waals surface area contributed by atoms with Gasteiger partial charge in [-0.25, -0.2) is 0 Å². The molecule has 3 heterocycles. The number of aromatic amines is 1. The van der Waals surface area contributed by atoms with Crippen LogP contribution in [-0.2, 0) is 13.0 Å². The second-order valence-corrected chi connectivity index (χ2v) is 8.53. The van der Waals surface area contributed by atoms with Crippen LogP contribution in [0.1, 0.15) is 42.6 Å². The van der Waals surface area contributed by atoms with Crippen LogP contribution in [0.5, 0.6) is 5.75 Å². The molecule has 0 radical (unpaired) electrons. The number of benzene rings is 2. The monoisotopic (exact) mass is 402 g/mol. The molecule has 2 atom stereocenters. The van der Waals surface area contributed by atoms with Gasteiger partial charge in [0.05, 0.1) is 6.04 Å². The van der Waals surface area contributed by atoms with Crippen LogP contribution in [0.25, 0.3) is 10.9 Å². The van der Waals surface area contributed by atoms with Crippen LogP contribution >= 0.6 is 0 Å². The molecule has 0 spiro atoms. The fraction of sp³-hybridized carbons (Fsp3) is 0.385. The Hall–Kier alpha value is -2.56. The average Bonchev–Trinajstić information content (AvgIpc) is 3.18. The minimum absolute atomic E-state index is 0.247. The van der Waals surface area contributed by atoms with Crippen molar-refractivity contribution in [2.24, 2.45) is 5.92 Å². The molecule has 156 valence electrons. The molecule has 5 rings (SSSR count). The van der Waals surface area contributed by atoms with Gasteiger partial charge in [-0.1, -0.05) is 48.9 Å². The first-order chi connectivity index (χ1) is 14.8. The van der Waals surface area contributed by atoms with Gasteiger partial charge >= 0.3 is 0 Å². The van der Waals surface area contributed by atoms with Gasteiger partial charge in [0.2, 0.25) is 0 Å². The van der Waals surface area contributed by atoms with Crippen molar-refractivity contribution in [2.75, 3.05) is 19.7 Å². The molecule has 0 bridgehead atoms. The number of aliphatic hydroxyl groups is 1. The number of aliphatic hydroxyl groups excluding tert-OH is 1. The summed E-state index contributed by atoms with van der Waals surface area (Å²) in [4.78, 5) is 6.29. The lowest BCUT2D eigenvalue weighted by atomic mass is 9.84. The Labute approximate surface area is 178 Å². The first-order valence-electron chi connectivity index (χ1n) is 11.1. The van der Waals surface area contributed by atoms with Gasteiger partial charge in [0, 0.05) is 42.2 Å². The minimum atomic E-state index is 0.247. The van der Waals surface area contributed by atoms with Crippen LogP contribution in [0.2, 0.25) is 0 Å². The second-order valence-electron chi connectivity index (χ2n) is 8.53. The molecule has 2 aliphatic rings. The predicted molar refractivity (Wildman–Crippen MR) is 121 cm³/mol. The maximum Gasteiger partial charge on any atom is 0.120 e. The first kappa shape index (κ1) is 19.4. The molecule has 4 heteroatoms. The van der Waals surface area contributed by atoms with Crippen LogP contribution < -0.4 is 4.74 Å². The quantitative estimate of drug-likeness (QED) is 0.571. The summed E-state index contributed by atoms with van der Waals surface area (Å²) in [6.07, 6.45) is 5.42. The number of rotatable bonds is 6. The summed E-state index contributed by atoms with van der Waals surface area (Å²) < 4.78 is 6.08. The molecule has 0 saturated carbocycles. The Balaban J connectivity index is 1.41. The zero-order valence-electron chi connectivity index (χ0n) is 17.6. The predicted octanol–water partition coefficient (Wildman–Crippen LogP) is 4.99. The SMILES string of the molecule is CCC(CO)C1=CCN2CCc3c([nH]c4ccc(OCc5ccccc5)cc34)C2C1. The van der Waals surface area contributed by atoms with Gasteiger partial charge in [-0.2, -0.15) is 0 Å². The smallest absolute Gasteiger partial charge is 0.120 e. The van der Waals surface area contributed by atoms with E-state index >= 15 is 0 Å². The Morgan fingerprint density at radius 2 is 2.07 bits per heavy atom. The van der Waals surface area contributed by atoms with E-state index < -0.39 is 0 Å². The summed E-state index contributed by atoms with van der Waals surface area (Å²) in [5, 5.41) is 11.1. The molecule has 0 saturated heterocycles. The molecule has 4 nitrogen and oxygen atoms in total. The summed E-state index contributed by atoms with van der Waals surface area (Å²) in [6, 6.07) is 17.1. The number of H-pyrrole nitrogens is 1. The Bertz CT molecular complexity index is 1050. The molecule has 0 amide bonds. The maximum atomic E-state index is 9.77. The Morgan fingerprint density at radius 3 is 2.87 bits per heavy atom. The summed E-state index contributed by atoms with van der Waals surface area (Å²) in [5.74, 6) is 1.21. The van der Waals surface area contributed by atoms with Gasteiger partial charge in [-0.05, 0) is 48.6 Å². The average molecular weight is 403 g/mol. The molecule has 2 N–H and O–H groups in total. The second kappa shape index (κ2) is 8.29. The number of nitrogens with zero attached hydrogens (tertiary/aromatic N) is 1. The van der Waals surface area contributed by atoms with Crippen molar-refractivity contribution < 1.29 is 9.84 Å². The van der Waals surface area contributed by atoms with E-state index in [0.717, 1.165) is 38.1 Å². The molecular weight excluding hydrogens is 372 g/mol. The lowest BCUT2D eigenvalue weighted by Gasteiger charge is -2.40. The van der Waals surface area contributed by atoms with Crippen molar-refractivity contribution in [3.05, 3.63) is 77.0 Å². The van der Waals surface area contributed by atoms with Gasteiger partial charge in [0.15, 0.2) is 0 Å². The molecule has 2 aromatic carbocycles. The molecular formula is C26H30N2O2. The van der Waals surface area contributed by atoms with Crippen LogP contribution in [0.4, 0.5) is 0 Å². The molecule has 0 aliphatic carbocycles. The third kappa shape index (κ3) is 3.55. The standard InChI is InChI=1S/C26H30N2O2/c1-2-19(16-29)20-10-12-28-13-11-22-23-15-21(30-17-18-6-4-3-5-7-18)8-9-24(23)27-26(22)25(28)14-20/h3-10,15,19,25,27,29H,2,11-14,16-17H2,1H3. The van der Waals surface area contributed by atoms with Crippen molar-refractivity contribution in [1.82, 2.24) is 9.88 Å².